The van der Waals surface area contributed by atoms with Crippen molar-refractivity contribution < 1.29 is 228 Å². The van der Waals surface area contributed by atoms with E-state index in [0.29, 0.717) is 148 Å². The third-order valence-electron chi connectivity index (χ3n) is 20.8. The number of hydrogen-bond acceptors (Lipinski definition) is 27. The Labute approximate surface area is 862 Å². The van der Waals surface area contributed by atoms with Crippen molar-refractivity contribution in [1.82, 2.24) is 19.9 Å². The van der Waals surface area contributed by atoms with Gasteiger partial charge in [-0.25, -0.2) is 0 Å². The molecule has 2 aliphatic heterocycles. The molecule has 4 aromatic carbocycles. The Bertz CT molecular complexity index is 5170. The van der Waals surface area contributed by atoms with Crippen LogP contribution in [-0.2, 0) is 33.8 Å². The fourth-order valence-electron chi connectivity index (χ4n) is 10.0. The molecule has 0 radical (unpaired) electrons. The Morgan fingerprint density at radius 1 is 0.496 bits per heavy atom. The molecule has 4 aromatic heterocycles. The number of carbonyl (C=O) groups excluding carboxylic acids is 3. The van der Waals surface area contributed by atoms with Crippen molar-refractivity contribution in [1.29, 1.82) is 21.0 Å². The fourth-order valence-corrected chi connectivity index (χ4v) is 13.5. The van der Waals surface area contributed by atoms with Gasteiger partial charge in [-0.05, 0) is 202 Å². The summed E-state index contributed by atoms with van der Waals surface area (Å²) in [5.41, 5.74) is 3.66. The van der Waals surface area contributed by atoms with Gasteiger partial charge in [0.05, 0.1) is 44.2 Å². The lowest BCUT2D eigenvalue weighted by Crippen LogP contribution is -2.41. The van der Waals surface area contributed by atoms with E-state index >= 15 is 0 Å². The SMILES string of the molecule is CC(C)(C)[Si](C)(C)OCCNc1ccc(C#N)c(Oc2ccc(Br)c(C=O)c2)n1.CC(C)(C)[Si](C)(C)OCCNc1ccc(C#N)c(Oc2cccc(C=O)c2)n1.CC1(C)OB(c2ccc(Oc3nc(NCCO[Si](C)(C)C(C)(C)C)ccc3C#N)cc2C=O)OC1(C)C.N#Cc1ccc(NCCO)nc1Oc1ccc2c(c1)COB2O.[2H][2H].[2H][2H].[2H][2H].[2H][2H].[2H][2H].[2H][2H].[2H][2H].[2H][2H].[2H][2H].[2H][2H].[2H][2H].[2H][2H].[2H][2H].[2H][2H].[2H][2H].[2H][2H].[2H][2H].[2H][2H].[2H][2H].[2H][2H].[2H][2H].[2H][2H].[2H][2H].[2H][2H].[2H][2H].[2H][2H].[2H][2H].[2H][2H].[2H][2H].[2H][2H].[2H][2H].[2H][2H].[2H][2H].[2H][2H].[2H][2H].[2H][2H].[2H][2H].[2H][2H].[2H][2H].[2H][2H].[2H][2H].[2H][2H].[2H][2H].[2H][2H].[2H][2H].[2H][2H].[2H][2H].[2H][2H].[2H][2H].[2H][2H].[2H][2H].[2H][2H].[2H][2H]. The number of aliphatic hydroxyl groups excluding tert-OH is 1. The van der Waals surface area contributed by atoms with Crippen molar-refractivity contribution >= 4 is 108 Å². The van der Waals surface area contributed by atoms with Crippen LogP contribution in [0, 0.1) is 45.3 Å². The summed E-state index contributed by atoms with van der Waals surface area (Å²) < 4.78 is 590. The summed E-state index contributed by atoms with van der Waals surface area (Å²) in [5, 5.41) is 68.9. The molecule has 0 aliphatic carbocycles. The molecule has 8 aromatic rings. The molecule has 33 heteroatoms. The summed E-state index contributed by atoms with van der Waals surface area (Å²) in [6.45, 7) is 45.1. The number of carbonyl (C=O) groups is 3. The number of nitriles is 4. The number of ether oxygens (including phenoxy) is 4. The predicted octanol–water partition coefficient (Wildman–Crippen LogP) is 29.4. The number of fused-ring (bicyclic) bond motifs is 1. The summed E-state index contributed by atoms with van der Waals surface area (Å²) in [7, 11) is -6.99. The molecule has 0 unspecified atom stereocenters. The average Bonchev–Trinajstić information content (AvgIpc) is 1.61. The highest BCUT2D eigenvalue weighted by Crippen LogP contribution is 2.41. The van der Waals surface area contributed by atoms with Gasteiger partial charge in [0, 0.05) is 205 Å². The van der Waals surface area contributed by atoms with Crippen molar-refractivity contribution in [3.8, 4) is 70.8 Å². The van der Waals surface area contributed by atoms with Gasteiger partial charge in [-0.3, -0.25) is 14.4 Å². The molecule has 0 spiro atoms. The molecule has 0 bridgehead atoms. The highest BCUT2D eigenvalue weighted by atomic mass is 79.9. The zero-order valence-corrected chi connectivity index (χ0v) is 74.6. The minimum atomic E-state index is -1.83. The van der Waals surface area contributed by atoms with Crippen LogP contribution in [0.2, 0.25) is 54.4 Å². The second-order valence-electron chi connectivity index (χ2n) is 32.8. The number of halogens is 1. The Morgan fingerprint density at radius 3 is 1.21 bits per heavy atom. The molecule has 6 heterocycles. The van der Waals surface area contributed by atoms with Crippen LogP contribution < -0.4 is 51.1 Å². The lowest BCUT2D eigenvalue weighted by atomic mass is 9.76. The van der Waals surface area contributed by atoms with Crippen LogP contribution in [-0.4, -0.2) is 152 Å². The molecule has 722 valence electrons. The number of rotatable bonds is 30. The van der Waals surface area contributed by atoms with Gasteiger partial charge in [-0.2, -0.15) is 41.0 Å². The lowest BCUT2D eigenvalue weighted by Gasteiger charge is -2.36. The van der Waals surface area contributed by atoms with Crippen LogP contribution in [0.3, 0.4) is 0 Å². The van der Waals surface area contributed by atoms with Gasteiger partial charge in [0.15, 0.2) is 31.2 Å². The highest BCUT2D eigenvalue weighted by Gasteiger charge is 2.52. The number of anilines is 4. The maximum Gasteiger partial charge on any atom is 0.495 e. The van der Waals surface area contributed by atoms with E-state index in [-0.39, 0.29) is 50.8 Å². The maximum absolute atomic E-state index is 11.9. The zero-order chi connectivity index (χ0) is 192. The van der Waals surface area contributed by atoms with E-state index in [0.717, 1.165) is 24.4 Å². The van der Waals surface area contributed by atoms with E-state index in [4.69, 9.17) is 214 Å². The fraction of sp³-hybridized carbons (Fsp3) is 0.393. The van der Waals surface area contributed by atoms with E-state index in [2.05, 4.69) is 177 Å². The second kappa shape index (κ2) is 41.3. The summed E-state index contributed by atoms with van der Waals surface area (Å²) in [6.07, 6.45) is 2.22. The minimum Gasteiger partial charge on any atom is -0.438 e. The van der Waals surface area contributed by atoms with Gasteiger partial charge in [0.25, 0.3) is 0 Å². The van der Waals surface area contributed by atoms with Crippen LogP contribution in [0.5, 0.6) is 46.5 Å². The first-order valence-corrected chi connectivity index (χ1v) is 47.6. The number of aldehydes is 3. The van der Waals surface area contributed by atoms with Crippen molar-refractivity contribution in [2.75, 3.05) is 73.9 Å². The number of aromatic nitrogens is 4. The van der Waals surface area contributed by atoms with Gasteiger partial charge in [-0.15, -0.1) is 0 Å². The standard InChI is InChI=1S/C27H38BN3O5Si.C21H26BrN3O3Si.C21H27N3O3Si.C15H14BN3O4.53H2/c1-25(2,3)37(8,9)33-15-14-30-23-13-10-19(17-29)24(31-23)34-21-11-12-22(20(16-21)18-32)28-35-26(4,5)27(6,7)36-28;1-21(2,3)29(4,5)27-11-10-24-19-9-6-15(13-23)20(25-19)28-17-7-8-18(22)16(12-17)14-26;1-21(2,3)28(4,5)26-12-11-23-19-10-9-17(14-22)20(24-19)27-18-8-6-7-16(13-18)15-25;17-8-10-1-4-14(18-5-6-20)19-15(10)23-12-2-3-13-11(7-12)9-22-16(13)21;;;;;;;;;;;;;;;;;;;;;;;;;;;;;;;;;;;;;;;;;;;;;;;;;;;;;/h10-13,16,18H,14-15H2,1-9H3,(H,30,31);6-9,12,14H,10-11H2,1-5H3,(H,24,25);6-10,13,15H,11-12H2,1-5H3,(H,23,24);1-4,7,20-21H,5-6,9H2,(H,18,19);53*1H/i;;;;53*1+1D. The Hall–Kier alpha value is -10.2. The number of hydrogen-bond donors (Lipinski definition) is 6. The Kier molecular flexibility index (Phi) is 15.3. The van der Waals surface area contributed by atoms with E-state index in [1.807, 2.05) is 33.8 Å². The quantitative estimate of drug-likeness (QED) is 0.0138. The van der Waals surface area contributed by atoms with Gasteiger partial charge < -0.3 is 77.6 Å². The first-order chi connectivity index (χ1) is 108. The van der Waals surface area contributed by atoms with Crippen LogP contribution >= 0.6 is 15.9 Å². The first-order valence-electron chi connectivity index (χ1n) is 91.1. The van der Waals surface area contributed by atoms with Gasteiger partial charge in [0.1, 0.15) is 105 Å². The number of nitrogens with one attached hydrogen (secondary N) is 4. The first kappa shape index (κ1) is 43.5. The molecule has 27 nitrogen and oxygen atoms in total. The van der Waals surface area contributed by atoms with E-state index in [9.17, 15) is 35.2 Å². The van der Waals surface area contributed by atoms with E-state index in [1.165, 1.54) is 0 Å². The Balaban J connectivity index is -0.0000000343. The number of nitrogens with zero attached hydrogens (tertiary/aromatic N) is 8. The monoisotopic (exact) mass is 1920 g/mol. The van der Waals surface area contributed by atoms with E-state index < -0.39 is 50.4 Å². The summed E-state index contributed by atoms with van der Waals surface area (Å²) in [4.78, 5) is 51.5. The molecule has 0 amide bonds. The van der Waals surface area contributed by atoms with E-state index in [1.54, 1.807) is 127 Å². The smallest absolute Gasteiger partial charge is 0.438 e. The summed E-state index contributed by atoms with van der Waals surface area (Å²) in [5.74, 6) is 4.73. The third-order valence-corrected chi connectivity index (χ3v) is 35.1. The zero-order valence-electron chi connectivity index (χ0n) is 176. The molecule has 1 saturated heterocycles. The predicted molar refractivity (Wildman–Crippen MR) is 576 cm³/mol. The van der Waals surface area contributed by atoms with Gasteiger partial charge >= 0.3 is 14.2 Å². The largest absolute Gasteiger partial charge is 0.495 e. The normalized spacial score (nSPS) is 17.1. The lowest BCUT2D eigenvalue weighted by molar-refractivity contribution is 0.00578. The third kappa shape index (κ3) is 26.4. The molecule has 6 N–H and O–H groups in total. The maximum atomic E-state index is 11.9. The van der Waals surface area contributed by atoms with Crippen molar-refractivity contribution in [3.63, 3.8) is 0 Å². The second-order valence-corrected chi connectivity index (χ2v) is 48.1. The minimum absolute atomic E-state index is 0.0228. The molecule has 1 fully saturated rings. The molecule has 0 saturated carbocycles. The molecular weight excluding hydrogens is 1600 g/mol. The highest BCUT2D eigenvalue weighted by molar-refractivity contribution is 9.10. The van der Waals surface area contributed by atoms with Crippen molar-refractivity contribution in [2.45, 2.75) is 162 Å². The molecule has 117 heavy (non-hydrogen) atoms. The average molecular weight is 1920 g/mol. The van der Waals surface area contributed by atoms with Crippen LogP contribution in [0.15, 0.2) is 132 Å². The van der Waals surface area contributed by atoms with Gasteiger partial charge in [-0.1, -0.05) is 103 Å². The number of pyridine rings is 4. The van der Waals surface area contributed by atoms with Crippen LogP contribution in [0.4, 0.5) is 23.3 Å². The summed E-state index contributed by atoms with van der Waals surface area (Å²) >= 11 is 3.30. The van der Waals surface area contributed by atoms with Crippen molar-refractivity contribution in [2.24, 2.45) is 0 Å². The van der Waals surface area contributed by atoms with Gasteiger partial charge in [0.2, 0.25) is 23.5 Å². The summed E-state index contributed by atoms with van der Waals surface area (Å²) in [6, 6.07) is 43.6. The molecular formula is C84H211B2BrN12O15Si3. The number of aliphatic hydroxyl groups is 1. The topological polar surface area (TPSA) is 379 Å². The Morgan fingerprint density at radius 2 is 0.846 bits per heavy atom. The van der Waals surface area contributed by atoms with Crippen LogP contribution in [0.25, 0.3) is 0 Å². The molecule has 2 aliphatic rings. The number of benzene rings is 4. The van der Waals surface area contributed by atoms with Crippen molar-refractivity contribution in [3.05, 3.63) is 176 Å². The molecule has 0 atom stereocenters. The van der Waals surface area contributed by atoms with Crippen LogP contribution in [0.1, 0.15) is 306 Å². The molecule has 10 rings (SSSR count).